The molecule has 112 valence electrons. The average Bonchev–Trinajstić information content (AvgIpc) is 2.24. The maximum absolute atomic E-state index is 10.2. The Kier molecular flexibility index (Phi) is 8.21. The van der Waals surface area contributed by atoms with Crippen LogP contribution in [0.3, 0.4) is 0 Å². The summed E-state index contributed by atoms with van der Waals surface area (Å²) in [6, 6.07) is 0. The molecule has 0 radical (unpaired) electrons. The summed E-state index contributed by atoms with van der Waals surface area (Å²) in [5.41, 5.74) is 0. The smallest absolute Gasteiger partial charge is 0.329 e. The fourth-order valence-electron chi connectivity index (χ4n) is 1.15. The lowest BCUT2D eigenvalue weighted by Crippen LogP contribution is -2.40. The fraction of sp³-hybridized carbons (Fsp3) is 0.786. The van der Waals surface area contributed by atoms with Gasteiger partial charge in [0.1, 0.15) is 6.61 Å². The van der Waals surface area contributed by atoms with Crippen molar-refractivity contribution in [3.8, 4) is 0 Å². The molecule has 5 heteroatoms. The summed E-state index contributed by atoms with van der Waals surface area (Å²) in [5.74, 6) is -0.924. The molecule has 0 aliphatic heterocycles. The predicted molar refractivity (Wildman–Crippen MR) is 80.0 cm³/mol. The van der Waals surface area contributed by atoms with Crippen molar-refractivity contribution in [2.24, 2.45) is 0 Å². The van der Waals surface area contributed by atoms with Gasteiger partial charge in [-0.05, 0) is 31.0 Å². The molecule has 0 saturated heterocycles. The summed E-state index contributed by atoms with van der Waals surface area (Å²) in [7, 11) is -1.62. The molecule has 0 atom stereocenters. The quantitative estimate of drug-likeness (QED) is 0.401. The van der Waals surface area contributed by atoms with Gasteiger partial charge < -0.3 is 14.3 Å². The van der Waals surface area contributed by atoms with Crippen LogP contribution in [0, 0.1) is 0 Å². The number of carbonyl (C=O) groups is 1. The van der Waals surface area contributed by atoms with E-state index in [1.54, 1.807) is 0 Å². The molecule has 19 heavy (non-hydrogen) atoms. The van der Waals surface area contributed by atoms with Gasteiger partial charge in [0, 0.05) is 6.61 Å². The zero-order chi connectivity index (χ0) is 14.9. The van der Waals surface area contributed by atoms with E-state index in [1.165, 1.54) is 0 Å². The van der Waals surface area contributed by atoms with Crippen LogP contribution in [-0.4, -0.2) is 39.2 Å². The van der Waals surface area contributed by atoms with E-state index in [-0.39, 0.29) is 11.6 Å². The molecule has 0 spiro atoms. The second-order valence-electron chi connectivity index (χ2n) is 6.10. The highest BCUT2D eigenvalue weighted by molar-refractivity contribution is 6.74. The van der Waals surface area contributed by atoms with E-state index >= 15 is 0 Å². The van der Waals surface area contributed by atoms with Gasteiger partial charge in [-0.1, -0.05) is 32.9 Å². The molecule has 0 aromatic carbocycles. The standard InChI is InChI=1S/C14H28O4Si/c1-14(2,3)19(4,5)18-11-9-7-6-8-10-17-12-13(15)16/h6-7H,8-12H2,1-5H3,(H,15,16). The molecular weight excluding hydrogens is 260 g/mol. The number of ether oxygens (including phenoxy) is 1. The molecule has 0 bridgehead atoms. The Bertz CT molecular complexity index is 292. The molecule has 0 unspecified atom stereocenters. The van der Waals surface area contributed by atoms with Crippen molar-refractivity contribution in [2.75, 3.05) is 19.8 Å². The second-order valence-corrected chi connectivity index (χ2v) is 10.9. The minimum Gasteiger partial charge on any atom is -0.480 e. The third-order valence-corrected chi connectivity index (χ3v) is 7.91. The Morgan fingerprint density at radius 2 is 1.68 bits per heavy atom. The number of hydrogen-bond donors (Lipinski definition) is 1. The lowest BCUT2D eigenvalue weighted by molar-refractivity contribution is -0.142. The summed E-state index contributed by atoms with van der Waals surface area (Å²) in [6.45, 7) is 12.2. The fourth-order valence-corrected chi connectivity index (χ4v) is 2.21. The minimum atomic E-state index is -1.62. The van der Waals surface area contributed by atoms with Crippen LogP contribution in [0.1, 0.15) is 33.6 Å². The molecule has 0 aromatic rings. The van der Waals surface area contributed by atoms with Crippen molar-refractivity contribution < 1.29 is 19.1 Å². The Balaban J connectivity index is 3.62. The van der Waals surface area contributed by atoms with Crippen LogP contribution in [0.2, 0.25) is 18.1 Å². The summed E-state index contributed by atoms with van der Waals surface area (Å²) in [6.07, 6.45) is 5.72. The molecule has 4 nitrogen and oxygen atoms in total. The van der Waals surface area contributed by atoms with Crippen LogP contribution < -0.4 is 0 Å². The first-order valence-electron chi connectivity index (χ1n) is 6.75. The van der Waals surface area contributed by atoms with Gasteiger partial charge >= 0.3 is 5.97 Å². The molecule has 0 fully saturated rings. The van der Waals surface area contributed by atoms with Gasteiger partial charge in [0.2, 0.25) is 0 Å². The molecule has 0 aliphatic rings. The van der Waals surface area contributed by atoms with E-state index in [2.05, 4.69) is 39.9 Å². The molecule has 0 heterocycles. The van der Waals surface area contributed by atoms with Crippen molar-refractivity contribution in [2.45, 2.75) is 51.7 Å². The number of aliphatic carboxylic acids is 1. The van der Waals surface area contributed by atoms with Gasteiger partial charge in [-0.2, -0.15) is 0 Å². The van der Waals surface area contributed by atoms with Crippen molar-refractivity contribution in [1.82, 2.24) is 0 Å². The number of hydrogen-bond acceptors (Lipinski definition) is 3. The van der Waals surface area contributed by atoms with E-state index in [4.69, 9.17) is 14.3 Å². The summed E-state index contributed by atoms with van der Waals surface area (Å²) in [5, 5.41) is 8.62. The third kappa shape index (κ3) is 8.97. The molecule has 0 amide bonds. The van der Waals surface area contributed by atoms with E-state index in [1.807, 2.05) is 6.08 Å². The number of carboxylic acid groups (broad SMARTS) is 1. The Morgan fingerprint density at radius 3 is 2.16 bits per heavy atom. The summed E-state index contributed by atoms with van der Waals surface area (Å²) >= 11 is 0. The van der Waals surface area contributed by atoms with Gasteiger partial charge in [-0.15, -0.1) is 0 Å². The normalized spacial score (nSPS) is 13.1. The van der Waals surface area contributed by atoms with E-state index in [9.17, 15) is 4.79 Å². The van der Waals surface area contributed by atoms with Crippen LogP contribution in [-0.2, 0) is 14.0 Å². The van der Waals surface area contributed by atoms with Crippen LogP contribution >= 0.6 is 0 Å². The van der Waals surface area contributed by atoms with Gasteiger partial charge in [0.05, 0.1) is 6.61 Å². The Morgan fingerprint density at radius 1 is 1.16 bits per heavy atom. The lowest BCUT2D eigenvalue weighted by atomic mass is 10.2. The van der Waals surface area contributed by atoms with Crippen LogP contribution in [0.25, 0.3) is 0 Å². The topological polar surface area (TPSA) is 55.8 Å². The zero-order valence-corrected chi connectivity index (χ0v) is 13.9. The van der Waals surface area contributed by atoms with E-state index in [0.29, 0.717) is 6.61 Å². The van der Waals surface area contributed by atoms with Gasteiger partial charge in [0.15, 0.2) is 8.32 Å². The highest BCUT2D eigenvalue weighted by Crippen LogP contribution is 2.36. The highest BCUT2D eigenvalue weighted by atomic mass is 28.4. The van der Waals surface area contributed by atoms with E-state index < -0.39 is 14.3 Å². The van der Waals surface area contributed by atoms with Crippen LogP contribution in [0.5, 0.6) is 0 Å². The largest absolute Gasteiger partial charge is 0.480 e. The van der Waals surface area contributed by atoms with Gasteiger partial charge in [0.25, 0.3) is 0 Å². The first-order valence-corrected chi connectivity index (χ1v) is 9.66. The summed E-state index contributed by atoms with van der Waals surface area (Å²) in [4.78, 5) is 10.2. The summed E-state index contributed by atoms with van der Waals surface area (Å²) < 4.78 is 11.0. The molecule has 0 saturated carbocycles. The minimum absolute atomic E-state index is 0.220. The lowest BCUT2D eigenvalue weighted by Gasteiger charge is -2.36. The van der Waals surface area contributed by atoms with Crippen molar-refractivity contribution in [3.63, 3.8) is 0 Å². The predicted octanol–water partition coefficient (Wildman–Crippen LogP) is 3.45. The zero-order valence-electron chi connectivity index (χ0n) is 12.9. The molecule has 1 N–H and O–H groups in total. The third-order valence-electron chi connectivity index (χ3n) is 3.37. The molecule has 0 aromatic heterocycles. The van der Waals surface area contributed by atoms with Crippen LogP contribution in [0.15, 0.2) is 12.2 Å². The van der Waals surface area contributed by atoms with Crippen LogP contribution in [0.4, 0.5) is 0 Å². The van der Waals surface area contributed by atoms with Gasteiger partial charge in [-0.25, -0.2) is 4.79 Å². The average molecular weight is 288 g/mol. The van der Waals surface area contributed by atoms with Crippen molar-refractivity contribution in [1.29, 1.82) is 0 Å². The maximum Gasteiger partial charge on any atom is 0.329 e. The maximum atomic E-state index is 10.2. The number of rotatable bonds is 9. The molecule has 0 aliphatic carbocycles. The van der Waals surface area contributed by atoms with Gasteiger partial charge in [-0.3, -0.25) is 0 Å². The monoisotopic (exact) mass is 288 g/mol. The first-order chi connectivity index (χ1) is 8.67. The van der Waals surface area contributed by atoms with Crippen molar-refractivity contribution >= 4 is 14.3 Å². The molecular formula is C14H28O4Si. The van der Waals surface area contributed by atoms with Crippen molar-refractivity contribution in [3.05, 3.63) is 12.2 Å². The van der Waals surface area contributed by atoms with E-state index in [0.717, 1.165) is 19.4 Å². The molecule has 0 rings (SSSR count). The Hall–Kier alpha value is -0.653. The second kappa shape index (κ2) is 8.50. The SMILES string of the molecule is CC(C)(C)[Si](C)(C)OCCC=CCCOCC(=O)O. The highest BCUT2D eigenvalue weighted by Gasteiger charge is 2.36. The Labute approximate surface area is 117 Å². The number of carboxylic acids is 1. The first kappa shape index (κ1) is 18.3.